The molecule has 30 heavy (non-hydrogen) atoms. The monoisotopic (exact) mass is 417 g/mol. The SMILES string of the molecule is Cc1cc(Nc2ccc(C(F)(F)F)cc2)n2nc(CCCCCCC3CC3)nc2n1. The van der Waals surface area contributed by atoms with Gasteiger partial charge in [0, 0.05) is 23.9 Å². The molecule has 1 aliphatic rings. The minimum atomic E-state index is -4.35. The zero-order chi connectivity index (χ0) is 21.1. The molecule has 1 aromatic carbocycles. The van der Waals surface area contributed by atoms with Gasteiger partial charge < -0.3 is 5.32 Å². The zero-order valence-electron chi connectivity index (χ0n) is 17.0. The van der Waals surface area contributed by atoms with Crippen LogP contribution in [0.25, 0.3) is 5.78 Å². The van der Waals surface area contributed by atoms with Gasteiger partial charge in [-0.3, -0.25) is 0 Å². The molecule has 2 heterocycles. The molecule has 5 nitrogen and oxygen atoms in total. The highest BCUT2D eigenvalue weighted by Gasteiger charge is 2.30. The van der Waals surface area contributed by atoms with Crippen LogP contribution in [0.1, 0.15) is 62.0 Å². The number of unbranched alkanes of at least 4 members (excludes halogenated alkanes) is 3. The number of fused-ring (bicyclic) bond motifs is 1. The van der Waals surface area contributed by atoms with Gasteiger partial charge >= 0.3 is 6.18 Å². The van der Waals surface area contributed by atoms with Crippen LogP contribution in [0.3, 0.4) is 0 Å². The van der Waals surface area contributed by atoms with Crippen LogP contribution in [0.5, 0.6) is 0 Å². The van der Waals surface area contributed by atoms with Gasteiger partial charge in [0.1, 0.15) is 5.82 Å². The van der Waals surface area contributed by atoms with Crippen molar-refractivity contribution in [2.45, 2.75) is 64.5 Å². The highest BCUT2D eigenvalue weighted by molar-refractivity contribution is 5.59. The summed E-state index contributed by atoms with van der Waals surface area (Å²) >= 11 is 0. The molecule has 160 valence electrons. The quantitative estimate of drug-likeness (QED) is 0.428. The second kappa shape index (κ2) is 8.62. The third-order valence-corrected chi connectivity index (χ3v) is 5.43. The van der Waals surface area contributed by atoms with Gasteiger partial charge in [-0.2, -0.15) is 22.7 Å². The minimum Gasteiger partial charge on any atom is -0.340 e. The van der Waals surface area contributed by atoms with Crippen LogP contribution in [-0.4, -0.2) is 19.6 Å². The number of alkyl halides is 3. The maximum absolute atomic E-state index is 12.8. The summed E-state index contributed by atoms with van der Waals surface area (Å²) in [6, 6.07) is 6.74. The highest BCUT2D eigenvalue weighted by Crippen LogP contribution is 2.34. The van der Waals surface area contributed by atoms with Crippen molar-refractivity contribution in [1.82, 2.24) is 19.6 Å². The number of benzene rings is 1. The predicted molar refractivity (Wildman–Crippen MR) is 110 cm³/mol. The van der Waals surface area contributed by atoms with Crippen LogP contribution in [0.4, 0.5) is 24.7 Å². The van der Waals surface area contributed by atoms with Gasteiger partial charge in [0.05, 0.1) is 5.56 Å². The van der Waals surface area contributed by atoms with Crippen LogP contribution in [0, 0.1) is 12.8 Å². The van der Waals surface area contributed by atoms with Crippen LogP contribution in [0.15, 0.2) is 30.3 Å². The van der Waals surface area contributed by atoms with Gasteiger partial charge in [-0.25, -0.2) is 4.98 Å². The number of hydrogen-bond acceptors (Lipinski definition) is 4. The van der Waals surface area contributed by atoms with Crippen molar-refractivity contribution in [2.75, 3.05) is 5.32 Å². The van der Waals surface area contributed by atoms with E-state index in [0.717, 1.165) is 42.4 Å². The Morgan fingerprint density at radius 1 is 1.03 bits per heavy atom. The third kappa shape index (κ3) is 5.29. The Kier molecular flexibility index (Phi) is 5.92. The van der Waals surface area contributed by atoms with E-state index in [0.29, 0.717) is 17.3 Å². The minimum absolute atomic E-state index is 0.494. The maximum atomic E-state index is 12.8. The first kappa shape index (κ1) is 20.6. The summed E-state index contributed by atoms with van der Waals surface area (Å²) in [5, 5.41) is 7.70. The number of hydrogen-bond donors (Lipinski definition) is 1. The average Bonchev–Trinajstić information content (AvgIpc) is 3.42. The molecule has 3 aromatic rings. The molecule has 0 aliphatic heterocycles. The van der Waals surface area contributed by atoms with Crippen molar-refractivity contribution in [3.63, 3.8) is 0 Å². The Morgan fingerprint density at radius 3 is 2.47 bits per heavy atom. The Hall–Kier alpha value is -2.64. The first-order valence-corrected chi connectivity index (χ1v) is 10.6. The molecule has 4 rings (SSSR count). The molecule has 1 saturated carbocycles. The molecule has 0 unspecified atom stereocenters. The van der Waals surface area contributed by atoms with E-state index in [1.165, 1.54) is 50.7 Å². The molecule has 0 amide bonds. The van der Waals surface area contributed by atoms with E-state index < -0.39 is 11.7 Å². The Bertz CT molecular complexity index is 990. The number of nitrogens with one attached hydrogen (secondary N) is 1. The molecule has 1 N–H and O–H groups in total. The third-order valence-electron chi connectivity index (χ3n) is 5.43. The second-order valence-corrected chi connectivity index (χ2v) is 8.12. The zero-order valence-corrected chi connectivity index (χ0v) is 17.0. The van der Waals surface area contributed by atoms with E-state index in [4.69, 9.17) is 0 Å². The number of anilines is 2. The molecule has 0 spiro atoms. The standard InChI is InChI=1S/C22H26F3N5/c1-15-14-20(27-18-12-10-17(11-13-18)22(23,24)25)30-21(26-15)28-19(29-30)7-5-3-2-4-6-16-8-9-16/h10-14,16,27H,2-9H2,1H3. The number of rotatable bonds is 9. The molecule has 2 aromatic heterocycles. The fourth-order valence-corrected chi connectivity index (χ4v) is 3.59. The smallest absolute Gasteiger partial charge is 0.340 e. The summed E-state index contributed by atoms with van der Waals surface area (Å²) in [5.74, 6) is 2.86. The number of halogens is 3. The van der Waals surface area contributed by atoms with Gasteiger partial charge in [0.2, 0.25) is 0 Å². The Morgan fingerprint density at radius 2 is 1.77 bits per heavy atom. The van der Waals surface area contributed by atoms with Crippen LogP contribution < -0.4 is 5.32 Å². The van der Waals surface area contributed by atoms with Gasteiger partial charge in [-0.15, -0.1) is 5.10 Å². The highest BCUT2D eigenvalue weighted by atomic mass is 19.4. The second-order valence-electron chi connectivity index (χ2n) is 8.12. The van der Waals surface area contributed by atoms with Crippen molar-refractivity contribution in [3.8, 4) is 0 Å². The van der Waals surface area contributed by atoms with E-state index in [9.17, 15) is 13.2 Å². The molecular formula is C22H26F3N5. The summed E-state index contributed by atoms with van der Waals surface area (Å²) in [4.78, 5) is 8.96. The Labute approximate surface area is 173 Å². The largest absolute Gasteiger partial charge is 0.416 e. The molecule has 1 fully saturated rings. The van der Waals surface area contributed by atoms with Crippen LogP contribution in [0.2, 0.25) is 0 Å². The molecular weight excluding hydrogens is 391 g/mol. The van der Waals surface area contributed by atoms with Crippen molar-refractivity contribution < 1.29 is 13.2 Å². The van der Waals surface area contributed by atoms with Crippen molar-refractivity contribution in [2.24, 2.45) is 5.92 Å². The molecule has 0 bridgehead atoms. The van der Waals surface area contributed by atoms with Gasteiger partial charge in [0.25, 0.3) is 5.78 Å². The fraction of sp³-hybridized carbons (Fsp3) is 0.500. The first-order valence-electron chi connectivity index (χ1n) is 10.6. The van der Waals surface area contributed by atoms with Crippen molar-refractivity contribution >= 4 is 17.3 Å². The van der Waals surface area contributed by atoms with Gasteiger partial charge in [-0.1, -0.05) is 38.5 Å². The molecule has 0 saturated heterocycles. The number of nitrogens with zero attached hydrogens (tertiary/aromatic N) is 4. The average molecular weight is 417 g/mol. The summed E-state index contributed by atoms with van der Waals surface area (Å²) in [5.41, 5.74) is 0.628. The molecule has 0 atom stereocenters. The summed E-state index contributed by atoms with van der Waals surface area (Å²) in [7, 11) is 0. The lowest BCUT2D eigenvalue weighted by Gasteiger charge is -2.10. The lowest BCUT2D eigenvalue weighted by atomic mass is 10.1. The van der Waals surface area contributed by atoms with E-state index in [1.807, 2.05) is 6.92 Å². The fourth-order valence-electron chi connectivity index (χ4n) is 3.59. The number of aryl methyl sites for hydroxylation is 2. The summed E-state index contributed by atoms with van der Waals surface area (Å²) in [6.07, 6.45) is 5.43. The van der Waals surface area contributed by atoms with E-state index >= 15 is 0 Å². The van der Waals surface area contributed by atoms with E-state index in [-0.39, 0.29) is 0 Å². The van der Waals surface area contributed by atoms with Crippen LogP contribution >= 0.6 is 0 Å². The van der Waals surface area contributed by atoms with Gasteiger partial charge in [0.15, 0.2) is 5.82 Å². The number of aromatic nitrogens is 4. The Balaban J connectivity index is 1.41. The molecule has 0 radical (unpaired) electrons. The van der Waals surface area contributed by atoms with Crippen molar-refractivity contribution in [3.05, 3.63) is 47.4 Å². The summed E-state index contributed by atoms with van der Waals surface area (Å²) < 4.78 is 39.9. The van der Waals surface area contributed by atoms with E-state index in [2.05, 4.69) is 20.4 Å². The lowest BCUT2D eigenvalue weighted by molar-refractivity contribution is -0.137. The van der Waals surface area contributed by atoms with Crippen LogP contribution in [-0.2, 0) is 12.6 Å². The normalized spacial score (nSPS) is 14.4. The predicted octanol–water partition coefficient (Wildman–Crippen LogP) is 6.10. The van der Waals surface area contributed by atoms with Gasteiger partial charge in [-0.05, 0) is 43.5 Å². The van der Waals surface area contributed by atoms with Crippen molar-refractivity contribution in [1.29, 1.82) is 0 Å². The topological polar surface area (TPSA) is 55.1 Å². The summed E-state index contributed by atoms with van der Waals surface area (Å²) in [6.45, 7) is 1.85. The molecule has 8 heteroatoms. The lowest BCUT2D eigenvalue weighted by Crippen LogP contribution is -2.05. The molecule has 1 aliphatic carbocycles. The maximum Gasteiger partial charge on any atom is 0.416 e. The first-order chi connectivity index (χ1) is 14.4. The van der Waals surface area contributed by atoms with E-state index in [1.54, 1.807) is 10.6 Å².